The van der Waals surface area contributed by atoms with E-state index in [-0.39, 0.29) is 6.04 Å². The minimum Gasteiger partial charge on any atom is -0.469 e. The molecule has 4 nitrogen and oxygen atoms in total. The van der Waals surface area contributed by atoms with Gasteiger partial charge < -0.3 is 15.1 Å². The van der Waals surface area contributed by atoms with E-state index in [0.717, 1.165) is 30.3 Å². The quantitative estimate of drug-likeness (QED) is 0.466. The molecule has 23 heavy (non-hydrogen) atoms. The molecule has 1 heterocycles. The van der Waals surface area contributed by atoms with Gasteiger partial charge in [-0.25, -0.2) is 4.99 Å². The highest BCUT2D eigenvalue weighted by molar-refractivity contribution is 5.80. The third-order valence-electron chi connectivity index (χ3n) is 3.40. The molecular weight excluding hydrogens is 286 g/mol. The molecule has 2 aromatic rings. The van der Waals surface area contributed by atoms with Crippen LogP contribution in [-0.4, -0.2) is 19.0 Å². The molecule has 0 fully saturated rings. The maximum atomic E-state index is 5.35. The second-order valence-corrected chi connectivity index (χ2v) is 5.65. The predicted octanol–water partition coefficient (Wildman–Crippen LogP) is 3.69. The second kappa shape index (κ2) is 8.83. The Kier molecular flexibility index (Phi) is 6.48. The molecule has 0 aliphatic rings. The molecule has 2 rings (SSSR count). The van der Waals surface area contributed by atoms with Crippen molar-refractivity contribution in [1.29, 1.82) is 0 Å². The van der Waals surface area contributed by atoms with Crippen LogP contribution >= 0.6 is 0 Å². The van der Waals surface area contributed by atoms with Crippen LogP contribution in [0.4, 0.5) is 0 Å². The monoisotopic (exact) mass is 311 g/mol. The van der Waals surface area contributed by atoms with Gasteiger partial charge in [0.1, 0.15) is 5.76 Å². The lowest BCUT2D eigenvalue weighted by Crippen LogP contribution is -2.40. The highest BCUT2D eigenvalue weighted by Gasteiger charge is 2.07. The summed E-state index contributed by atoms with van der Waals surface area (Å²) in [7, 11) is 0. The Labute approximate surface area is 138 Å². The van der Waals surface area contributed by atoms with Crippen molar-refractivity contribution >= 4 is 5.96 Å². The summed E-state index contributed by atoms with van der Waals surface area (Å²) >= 11 is 0. The molecule has 1 unspecified atom stereocenters. The Balaban J connectivity index is 1.93. The van der Waals surface area contributed by atoms with Crippen LogP contribution in [0.3, 0.4) is 0 Å². The number of nitrogens with one attached hydrogen (secondary N) is 2. The maximum absolute atomic E-state index is 5.35. The highest BCUT2D eigenvalue weighted by Crippen LogP contribution is 2.10. The topological polar surface area (TPSA) is 49.6 Å². The molecule has 1 aromatic carbocycles. The van der Waals surface area contributed by atoms with E-state index in [1.54, 1.807) is 6.26 Å². The molecule has 4 heteroatoms. The van der Waals surface area contributed by atoms with Crippen molar-refractivity contribution < 1.29 is 4.42 Å². The van der Waals surface area contributed by atoms with Crippen LogP contribution in [0.15, 0.2) is 70.3 Å². The molecule has 0 aliphatic heterocycles. The van der Waals surface area contributed by atoms with E-state index in [0.29, 0.717) is 6.54 Å². The Bertz CT molecular complexity index is 617. The summed E-state index contributed by atoms with van der Waals surface area (Å²) in [6, 6.07) is 14.4. The standard InChI is InChI=1S/C19H25N3O/c1-15(2)14-21-19(20-12-11-18-10-7-13-23-18)22-16(3)17-8-5-4-6-9-17/h4-10,13,16H,1,11-12,14H2,2-3H3,(H2,20,21,22). The van der Waals surface area contributed by atoms with Crippen LogP contribution < -0.4 is 10.6 Å². The number of benzene rings is 1. The van der Waals surface area contributed by atoms with Gasteiger partial charge in [0.2, 0.25) is 0 Å². The third kappa shape index (κ3) is 6.02. The van der Waals surface area contributed by atoms with E-state index in [1.165, 1.54) is 5.56 Å². The molecule has 0 saturated heterocycles. The zero-order valence-electron chi connectivity index (χ0n) is 13.9. The minimum atomic E-state index is 0.177. The zero-order valence-corrected chi connectivity index (χ0v) is 13.9. The first-order valence-corrected chi connectivity index (χ1v) is 7.91. The second-order valence-electron chi connectivity index (χ2n) is 5.65. The van der Waals surface area contributed by atoms with Gasteiger partial charge in [0, 0.05) is 13.0 Å². The summed E-state index contributed by atoms with van der Waals surface area (Å²) in [6.07, 6.45) is 2.52. The van der Waals surface area contributed by atoms with Crippen molar-refractivity contribution in [2.45, 2.75) is 26.3 Å². The first-order chi connectivity index (χ1) is 11.1. The van der Waals surface area contributed by atoms with Crippen LogP contribution in [-0.2, 0) is 6.42 Å². The van der Waals surface area contributed by atoms with E-state index < -0.39 is 0 Å². The van der Waals surface area contributed by atoms with Gasteiger partial charge in [-0.05, 0) is 31.5 Å². The van der Waals surface area contributed by atoms with E-state index >= 15 is 0 Å². The van der Waals surface area contributed by atoms with Gasteiger partial charge in [-0.3, -0.25) is 0 Å². The molecule has 0 radical (unpaired) electrons. The SMILES string of the molecule is C=C(C)CN=C(NCCc1ccco1)NC(C)c1ccccc1. The van der Waals surface area contributed by atoms with Crippen LogP contribution in [0.2, 0.25) is 0 Å². The first kappa shape index (κ1) is 16.9. The summed E-state index contributed by atoms with van der Waals surface area (Å²) in [5, 5.41) is 6.79. The Morgan fingerprint density at radius 3 is 2.65 bits per heavy atom. The van der Waals surface area contributed by atoms with Crippen molar-refractivity contribution in [3.05, 3.63) is 72.2 Å². The van der Waals surface area contributed by atoms with Crippen molar-refractivity contribution in [3.63, 3.8) is 0 Å². The van der Waals surface area contributed by atoms with Crippen LogP contribution in [0.1, 0.15) is 31.2 Å². The fourth-order valence-electron chi connectivity index (χ4n) is 2.16. The molecule has 0 aliphatic carbocycles. The predicted molar refractivity (Wildman–Crippen MR) is 95.5 cm³/mol. The number of guanidine groups is 1. The van der Waals surface area contributed by atoms with Gasteiger partial charge in [-0.2, -0.15) is 0 Å². The summed E-state index contributed by atoms with van der Waals surface area (Å²) in [5.74, 6) is 1.75. The number of aliphatic imine (C=N–C) groups is 1. The average molecular weight is 311 g/mol. The lowest BCUT2D eigenvalue weighted by Gasteiger charge is -2.18. The summed E-state index contributed by atoms with van der Waals surface area (Å²) < 4.78 is 5.35. The maximum Gasteiger partial charge on any atom is 0.192 e. The number of hydrogen-bond donors (Lipinski definition) is 2. The number of rotatable bonds is 7. The molecule has 2 N–H and O–H groups in total. The van der Waals surface area contributed by atoms with Gasteiger partial charge in [0.05, 0.1) is 18.8 Å². The van der Waals surface area contributed by atoms with E-state index in [4.69, 9.17) is 4.42 Å². The normalized spacial score (nSPS) is 12.7. The van der Waals surface area contributed by atoms with E-state index in [1.807, 2.05) is 37.3 Å². The summed E-state index contributed by atoms with van der Waals surface area (Å²) in [6.45, 7) is 9.38. The largest absolute Gasteiger partial charge is 0.469 e. The minimum absolute atomic E-state index is 0.177. The highest BCUT2D eigenvalue weighted by atomic mass is 16.3. The number of nitrogens with zero attached hydrogens (tertiary/aromatic N) is 1. The molecule has 0 saturated carbocycles. The van der Waals surface area contributed by atoms with Crippen molar-refractivity contribution in [1.82, 2.24) is 10.6 Å². The van der Waals surface area contributed by atoms with E-state index in [9.17, 15) is 0 Å². The summed E-state index contributed by atoms with van der Waals surface area (Å²) in [5.41, 5.74) is 2.26. The lowest BCUT2D eigenvalue weighted by molar-refractivity contribution is 0.506. The molecule has 0 spiro atoms. The Morgan fingerprint density at radius 2 is 2.00 bits per heavy atom. The molecule has 0 bridgehead atoms. The Hall–Kier alpha value is -2.49. The Morgan fingerprint density at radius 1 is 1.22 bits per heavy atom. The lowest BCUT2D eigenvalue weighted by atomic mass is 10.1. The van der Waals surface area contributed by atoms with Gasteiger partial charge in [-0.15, -0.1) is 0 Å². The summed E-state index contributed by atoms with van der Waals surface area (Å²) in [4.78, 5) is 4.57. The van der Waals surface area contributed by atoms with Gasteiger partial charge in [-0.1, -0.05) is 42.5 Å². The number of hydrogen-bond acceptors (Lipinski definition) is 2. The van der Waals surface area contributed by atoms with Gasteiger partial charge in [0.15, 0.2) is 5.96 Å². The molecule has 1 aromatic heterocycles. The fraction of sp³-hybridized carbons (Fsp3) is 0.316. The van der Waals surface area contributed by atoms with E-state index in [2.05, 4.69) is 41.3 Å². The van der Waals surface area contributed by atoms with Gasteiger partial charge in [0.25, 0.3) is 0 Å². The molecule has 122 valence electrons. The van der Waals surface area contributed by atoms with Crippen LogP contribution in [0.25, 0.3) is 0 Å². The van der Waals surface area contributed by atoms with Crippen LogP contribution in [0, 0.1) is 0 Å². The van der Waals surface area contributed by atoms with Crippen molar-refractivity contribution in [2.75, 3.05) is 13.1 Å². The smallest absolute Gasteiger partial charge is 0.192 e. The number of furan rings is 1. The van der Waals surface area contributed by atoms with Crippen molar-refractivity contribution in [2.24, 2.45) is 4.99 Å². The zero-order chi connectivity index (χ0) is 16.5. The average Bonchev–Trinajstić information content (AvgIpc) is 3.06. The third-order valence-corrected chi connectivity index (χ3v) is 3.40. The van der Waals surface area contributed by atoms with Crippen molar-refractivity contribution in [3.8, 4) is 0 Å². The van der Waals surface area contributed by atoms with Crippen LogP contribution in [0.5, 0.6) is 0 Å². The molecule has 1 atom stereocenters. The molecular formula is C19H25N3O. The first-order valence-electron chi connectivity index (χ1n) is 7.91. The molecule has 0 amide bonds. The van der Waals surface area contributed by atoms with Gasteiger partial charge >= 0.3 is 0 Å². The fourth-order valence-corrected chi connectivity index (χ4v) is 2.16.